The average Bonchev–Trinajstić information content (AvgIpc) is 0.789. The summed E-state index contributed by atoms with van der Waals surface area (Å²) in [6.07, 6.45) is 0. The zero-order valence-electron chi connectivity index (χ0n) is 83.0. The maximum Gasteiger partial charge on any atom is 0.113 e. The summed E-state index contributed by atoms with van der Waals surface area (Å²) in [4.78, 5) is 5.11. The van der Waals surface area contributed by atoms with E-state index in [1.807, 2.05) is 0 Å². The van der Waals surface area contributed by atoms with Gasteiger partial charge in [-0.05, 0) is 297 Å². The summed E-state index contributed by atoms with van der Waals surface area (Å²) in [5.74, 6) is 0. The number of aromatic nitrogens is 2. The number of rotatable bonds is 10. The number of nitrogens with zero attached hydrogens (tertiary/aromatic N) is 4. The molecule has 6 heteroatoms. The van der Waals surface area contributed by atoms with Crippen LogP contribution in [-0.4, -0.2) is 25.3 Å². The Balaban J connectivity index is 0.000000138. The number of hydrogen-bond acceptors (Lipinski definition) is 2. The lowest BCUT2D eigenvalue weighted by molar-refractivity contribution is 0.660. The zero-order valence-corrected chi connectivity index (χ0v) is 85.0. The Labute approximate surface area is 854 Å². The molecule has 146 heavy (non-hydrogen) atoms. The van der Waals surface area contributed by atoms with Crippen molar-refractivity contribution >= 4 is 136 Å². The molecule has 4 nitrogen and oxygen atoms in total. The van der Waals surface area contributed by atoms with Gasteiger partial charge >= 0.3 is 0 Å². The van der Waals surface area contributed by atoms with Gasteiger partial charge in [0.1, 0.15) is 16.1 Å². The third-order valence-corrected chi connectivity index (χ3v) is 41.6. The Hall–Kier alpha value is -17.0. The van der Waals surface area contributed by atoms with Gasteiger partial charge in [-0.3, -0.25) is 0 Å². The molecule has 0 saturated heterocycles. The molecule has 30 rings (SSSR count). The zero-order chi connectivity index (χ0) is 97.6. The summed E-state index contributed by atoms with van der Waals surface area (Å²) < 4.78 is 4.84. The highest BCUT2D eigenvalue weighted by Crippen LogP contribution is 2.62. The van der Waals surface area contributed by atoms with Gasteiger partial charge in [-0.15, -0.1) is 0 Å². The van der Waals surface area contributed by atoms with Crippen molar-refractivity contribution in [1.29, 1.82) is 0 Å². The number of hydrogen-bond donors (Lipinski definition) is 0. The Bertz CT molecular complexity index is 9660. The summed E-state index contributed by atoms with van der Waals surface area (Å²) in [5, 5.41) is 16.2. The van der Waals surface area contributed by atoms with Crippen molar-refractivity contribution in [1.82, 2.24) is 9.13 Å². The Kier molecular flexibility index (Phi) is 18.6. The summed E-state index contributed by atoms with van der Waals surface area (Å²) >= 11 is 0. The van der Waals surface area contributed by atoms with Gasteiger partial charge in [0.15, 0.2) is 0 Å². The van der Waals surface area contributed by atoms with Crippen LogP contribution in [0.4, 0.5) is 34.1 Å². The van der Waals surface area contributed by atoms with E-state index in [9.17, 15) is 0 Å². The largest absolute Gasteiger partial charge is 0.310 e. The maximum atomic E-state index is 2.61. The maximum absolute atomic E-state index is 2.61. The number of para-hydroxylation sites is 4. The molecular formula is C140H104N4Si2. The standard InChI is InChI=1S/2C70H52N2Si/c1-69(2)58-29-14-11-25-52(58)56-42-47(34-38-59(56)69)71(48-36-41-65-57(43-48)53-26-13-17-32-64(53)72(65)46-22-9-6-10-23-46)49-35-39-62-67(44-49)73(3,4)66-33-18-16-31-61(66)70(62)60-30-15-12-24-51(60)55-28-19-27-54-50(37-40-63(70)68(54)55)45-20-7-5-8-21-45;1-69(2)58-29-14-11-24-51(58)53-37-34-48(43-63(53)69)71(47-36-41-65-57(42-47)54-26-13-17-32-64(54)72(65)46-22-9-6-10-23-46)49-35-39-61-67(44-49)73(3,4)66-33-18-16-31-60(66)70(61)59-30-15-12-25-52(59)56-28-19-27-55-50(38-40-62(70)68(55)56)45-20-7-5-8-21-45/h2*5-44H,1-4H3. The van der Waals surface area contributed by atoms with Crippen LogP contribution < -0.4 is 30.5 Å². The minimum Gasteiger partial charge on any atom is -0.310 e. The van der Waals surface area contributed by atoms with Crippen molar-refractivity contribution in [2.24, 2.45) is 0 Å². The lowest BCUT2D eigenvalue weighted by Crippen LogP contribution is -2.63. The molecule has 2 aromatic heterocycles. The molecule has 24 aromatic rings. The highest BCUT2D eigenvalue weighted by atomic mass is 28.3. The minimum atomic E-state index is -2.41. The molecule has 0 radical (unpaired) electrons. The van der Waals surface area contributed by atoms with E-state index in [1.54, 1.807) is 0 Å². The molecule has 0 fully saturated rings. The molecule has 2 spiro atoms. The van der Waals surface area contributed by atoms with Gasteiger partial charge in [0.05, 0.1) is 32.9 Å². The first-order chi connectivity index (χ1) is 71.5. The molecule has 692 valence electrons. The number of benzene rings is 22. The molecule has 4 heterocycles. The van der Waals surface area contributed by atoms with E-state index in [0.717, 1.165) is 34.1 Å². The fourth-order valence-corrected chi connectivity index (χ4v) is 34.4. The van der Waals surface area contributed by atoms with Gasteiger partial charge in [-0.2, -0.15) is 0 Å². The lowest BCUT2D eigenvalue weighted by Gasteiger charge is -2.50. The van der Waals surface area contributed by atoms with Crippen LogP contribution in [0.3, 0.4) is 0 Å². The SMILES string of the molecule is CC1(C)c2ccccc2-c2cc(N(c3ccc4c(c3)[Si](C)(C)c3ccccc3C43c4ccccc4-c4cccc5c(-c6ccccc6)ccc3c45)c3ccc4c(c3)c3ccccc3n4-c3ccccc3)ccc21.CC1(C)c2ccccc2-c2ccc(N(c3ccc4c(c3)[Si](C)(C)c3ccccc3C43c4ccccc4-c4cccc5c(-c6ccccc6)ccc3c45)c3ccc4c(c3)c3ccccc3n4-c3ccccc3)cc21. The Morgan fingerprint density at radius 3 is 0.925 bits per heavy atom. The minimum absolute atomic E-state index is 0.101. The Morgan fingerprint density at radius 1 is 0.178 bits per heavy atom. The third-order valence-electron chi connectivity index (χ3n) is 34.5. The van der Waals surface area contributed by atoms with Crippen LogP contribution in [0.25, 0.3) is 143 Å². The lowest BCUT2D eigenvalue weighted by atomic mass is 9.59. The van der Waals surface area contributed by atoms with Crippen LogP contribution in [0.15, 0.2) is 485 Å². The molecule has 4 aliphatic carbocycles. The van der Waals surface area contributed by atoms with Crippen molar-refractivity contribution in [3.8, 4) is 78.1 Å². The third kappa shape index (κ3) is 11.9. The molecule has 2 atom stereocenters. The number of fused-ring (bicyclic) bond motifs is 28. The predicted octanol–water partition coefficient (Wildman–Crippen LogP) is 33.8. The molecule has 0 saturated carbocycles. The van der Waals surface area contributed by atoms with E-state index in [2.05, 4.69) is 558 Å². The van der Waals surface area contributed by atoms with E-state index in [1.165, 1.54) is 231 Å². The van der Waals surface area contributed by atoms with Crippen LogP contribution in [0.2, 0.25) is 26.2 Å². The summed E-state index contributed by atoms with van der Waals surface area (Å²) in [7, 11) is -4.82. The fraction of sp³-hybridized carbons (Fsp3) is 0.0857. The fourth-order valence-electron chi connectivity index (χ4n) is 28.0. The van der Waals surface area contributed by atoms with Gasteiger partial charge in [-0.25, -0.2) is 0 Å². The molecule has 0 bridgehead atoms. The topological polar surface area (TPSA) is 16.3 Å². The molecule has 2 unspecified atom stereocenters. The number of anilines is 6. The van der Waals surface area contributed by atoms with Gasteiger partial charge in [0.2, 0.25) is 0 Å². The van der Waals surface area contributed by atoms with Crippen molar-refractivity contribution < 1.29 is 0 Å². The monoisotopic (exact) mass is 1900 g/mol. The Morgan fingerprint density at radius 2 is 0.466 bits per heavy atom. The van der Waals surface area contributed by atoms with Gasteiger partial charge in [0, 0.05) is 77.9 Å². The second-order valence-electron chi connectivity index (χ2n) is 43.2. The normalized spacial score (nSPS) is 16.2. The van der Waals surface area contributed by atoms with Crippen molar-refractivity contribution in [2.75, 3.05) is 9.80 Å². The van der Waals surface area contributed by atoms with Gasteiger partial charge < -0.3 is 18.9 Å². The van der Waals surface area contributed by atoms with Crippen molar-refractivity contribution in [2.45, 2.75) is 75.5 Å². The van der Waals surface area contributed by atoms with E-state index < -0.39 is 27.0 Å². The second-order valence-corrected chi connectivity index (χ2v) is 51.8. The van der Waals surface area contributed by atoms with E-state index in [4.69, 9.17) is 0 Å². The summed E-state index contributed by atoms with van der Waals surface area (Å²) in [6.45, 7) is 19.9. The van der Waals surface area contributed by atoms with Crippen LogP contribution in [0.1, 0.15) is 94.5 Å². The van der Waals surface area contributed by atoms with E-state index >= 15 is 0 Å². The first-order valence-corrected chi connectivity index (χ1v) is 57.7. The molecule has 6 aliphatic rings. The van der Waals surface area contributed by atoms with Crippen LogP contribution >= 0.6 is 0 Å². The highest BCUT2D eigenvalue weighted by Gasteiger charge is 2.56. The van der Waals surface area contributed by atoms with Crippen LogP contribution in [0.5, 0.6) is 0 Å². The molecule has 0 amide bonds. The van der Waals surface area contributed by atoms with E-state index in [0.29, 0.717) is 0 Å². The van der Waals surface area contributed by atoms with Crippen LogP contribution in [-0.2, 0) is 21.7 Å². The quantitative estimate of drug-likeness (QED) is 0.127. The van der Waals surface area contributed by atoms with Crippen molar-refractivity contribution in [3.05, 3.63) is 552 Å². The second kappa shape index (κ2) is 31.7. The molecular weight excluding hydrogens is 1790 g/mol. The molecule has 2 aliphatic heterocycles. The summed E-state index contributed by atoms with van der Waals surface area (Å²) in [6, 6.07) is 184. The molecule has 22 aromatic carbocycles. The average molecular weight is 1900 g/mol. The van der Waals surface area contributed by atoms with Gasteiger partial charge in [0.25, 0.3) is 0 Å². The highest BCUT2D eigenvalue weighted by molar-refractivity contribution is 7.02. The van der Waals surface area contributed by atoms with Gasteiger partial charge in [-0.1, -0.05) is 418 Å². The first-order valence-electron chi connectivity index (χ1n) is 51.7. The van der Waals surface area contributed by atoms with E-state index in [-0.39, 0.29) is 10.8 Å². The molecule has 0 N–H and O–H groups in total. The summed E-state index contributed by atoms with van der Waals surface area (Å²) in [5.41, 5.74) is 44.7. The smallest absolute Gasteiger partial charge is 0.113 e. The predicted molar refractivity (Wildman–Crippen MR) is 620 cm³/mol. The van der Waals surface area contributed by atoms with Crippen molar-refractivity contribution in [3.63, 3.8) is 0 Å². The first kappa shape index (κ1) is 85.7. The van der Waals surface area contributed by atoms with Crippen LogP contribution in [0, 0.1) is 0 Å².